The molecule has 1 aromatic heterocycles. The maximum Gasteiger partial charge on any atom is 0.117 e. The van der Waals surface area contributed by atoms with Gasteiger partial charge in [-0.25, -0.2) is 0 Å². The van der Waals surface area contributed by atoms with E-state index >= 15 is 0 Å². The summed E-state index contributed by atoms with van der Waals surface area (Å²) in [5, 5.41) is 0. The highest BCUT2D eigenvalue weighted by atomic mass is 16.3. The van der Waals surface area contributed by atoms with Gasteiger partial charge >= 0.3 is 0 Å². The molecule has 2 rings (SSSR count). The molecule has 1 atom stereocenters. The number of likely N-dealkylation sites (tertiary alicyclic amines) is 1. The SMILES string of the molecule is CCN(Cc1ccco1)C1(CN)CCN(C)C1. The van der Waals surface area contributed by atoms with E-state index in [0.29, 0.717) is 6.54 Å². The van der Waals surface area contributed by atoms with Crippen LogP contribution in [0.2, 0.25) is 0 Å². The molecule has 0 amide bonds. The van der Waals surface area contributed by atoms with Gasteiger partial charge in [0, 0.05) is 18.6 Å². The molecular weight excluding hydrogens is 214 g/mol. The standard InChI is InChI=1S/C13H23N3O/c1-3-16(9-12-5-4-8-17-12)13(10-14)6-7-15(2)11-13/h4-5,8H,3,6-7,9-11,14H2,1-2H3. The average molecular weight is 237 g/mol. The number of nitrogens with zero attached hydrogens (tertiary/aromatic N) is 2. The zero-order chi connectivity index (χ0) is 12.3. The highest BCUT2D eigenvalue weighted by molar-refractivity contribution is 5.04. The smallest absolute Gasteiger partial charge is 0.117 e. The quantitative estimate of drug-likeness (QED) is 0.834. The predicted molar refractivity (Wildman–Crippen MR) is 68.7 cm³/mol. The monoisotopic (exact) mass is 237 g/mol. The van der Waals surface area contributed by atoms with E-state index in [9.17, 15) is 0 Å². The first-order valence-electron chi connectivity index (χ1n) is 6.36. The van der Waals surface area contributed by atoms with Gasteiger partial charge in [-0.1, -0.05) is 6.92 Å². The molecule has 17 heavy (non-hydrogen) atoms. The largest absolute Gasteiger partial charge is 0.468 e. The van der Waals surface area contributed by atoms with Crippen LogP contribution >= 0.6 is 0 Å². The van der Waals surface area contributed by atoms with Gasteiger partial charge in [0.2, 0.25) is 0 Å². The summed E-state index contributed by atoms with van der Waals surface area (Å²) in [6.45, 7) is 6.95. The van der Waals surface area contributed by atoms with Crippen molar-refractivity contribution in [3.05, 3.63) is 24.2 Å². The molecule has 0 aromatic carbocycles. The fraction of sp³-hybridized carbons (Fsp3) is 0.692. The van der Waals surface area contributed by atoms with Crippen molar-refractivity contribution in [3.63, 3.8) is 0 Å². The summed E-state index contributed by atoms with van der Waals surface area (Å²) in [6, 6.07) is 3.98. The Morgan fingerprint density at radius 1 is 1.59 bits per heavy atom. The molecule has 2 heterocycles. The normalized spacial score (nSPS) is 25.9. The zero-order valence-corrected chi connectivity index (χ0v) is 10.9. The van der Waals surface area contributed by atoms with Crippen LogP contribution in [0.3, 0.4) is 0 Å². The third kappa shape index (κ3) is 2.54. The Kier molecular flexibility index (Phi) is 3.86. The summed E-state index contributed by atoms with van der Waals surface area (Å²) in [7, 11) is 2.16. The summed E-state index contributed by atoms with van der Waals surface area (Å²) in [5.41, 5.74) is 6.16. The maximum absolute atomic E-state index is 6.04. The van der Waals surface area contributed by atoms with Crippen molar-refractivity contribution in [2.24, 2.45) is 5.73 Å². The van der Waals surface area contributed by atoms with Crippen LogP contribution in [0.5, 0.6) is 0 Å². The lowest BCUT2D eigenvalue weighted by Gasteiger charge is -2.39. The molecule has 0 bridgehead atoms. The molecule has 1 unspecified atom stereocenters. The molecule has 2 N–H and O–H groups in total. The molecule has 1 fully saturated rings. The molecule has 0 radical (unpaired) electrons. The Balaban J connectivity index is 2.10. The Labute approximate surface area is 103 Å². The van der Waals surface area contributed by atoms with E-state index in [1.165, 1.54) is 0 Å². The van der Waals surface area contributed by atoms with Gasteiger partial charge in [-0.3, -0.25) is 4.90 Å². The van der Waals surface area contributed by atoms with E-state index in [4.69, 9.17) is 10.2 Å². The topological polar surface area (TPSA) is 45.6 Å². The summed E-state index contributed by atoms with van der Waals surface area (Å²) >= 11 is 0. The lowest BCUT2D eigenvalue weighted by atomic mass is 9.96. The van der Waals surface area contributed by atoms with Crippen LogP contribution in [0, 0.1) is 0 Å². The third-order valence-corrected chi connectivity index (χ3v) is 3.88. The summed E-state index contributed by atoms with van der Waals surface area (Å²) in [4.78, 5) is 4.81. The molecule has 0 spiro atoms. The summed E-state index contributed by atoms with van der Waals surface area (Å²) in [6.07, 6.45) is 2.88. The molecule has 4 heteroatoms. The highest BCUT2D eigenvalue weighted by Crippen LogP contribution is 2.27. The van der Waals surface area contributed by atoms with Crippen molar-refractivity contribution in [3.8, 4) is 0 Å². The fourth-order valence-corrected chi connectivity index (χ4v) is 2.82. The van der Waals surface area contributed by atoms with Crippen molar-refractivity contribution in [1.29, 1.82) is 0 Å². The van der Waals surface area contributed by atoms with Crippen LogP contribution in [0.25, 0.3) is 0 Å². The second-order valence-corrected chi connectivity index (χ2v) is 5.01. The van der Waals surface area contributed by atoms with E-state index in [-0.39, 0.29) is 5.54 Å². The molecule has 0 aliphatic carbocycles. The van der Waals surface area contributed by atoms with Gasteiger partial charge in [0.25, 0.3) is 0 Å². The van der Waals surface area contributed by atoms with Gasteiger partial charge in [0.15, 0.2) is 0 Å². The van der Waals surface area contributed by atoms with Crippen LogP contribution in [0.4, 0.5) is 0 Å². The molecular formula is C13H23N3O. The lowest BCUT2D eigenvalue weighted by Crippen LogP contribution is -2.54. The lowest BCUT2D eigenvalue weighted by molar-refractivity contribution is 0.0916. The minimum atomic E-state index is 0.121. The van der Waals surface area contributed by atoms with E-state index in [0.717, 1.165) is 38.4 Å². The minimum Gasteiger partial charge on any atom is -0.468 e. The molecule has 0 saturated carbocycles. The predicted octanol–water partition coefficient (Wildman–Crippen LogP) is 1.13. The Morgan fingerprint density at radius 3 is 2.88 bits per heavy atom. The van der Waals surface area contributed by atoms with Crippen molar-refractivity contribution in [2.75, 3.05) is 33.2 Å². The average Bonchev–Trinajstić information content (AvgIpc) is 2.96. The maximum atomic E-state index is 6.04. The van der Waals surface area contributed by atoms with Crippen molar-refractivity contribution < 1.29 is 4.42 Å². The first-order chi connectivity index (χ1) is 8.20. The van der Waals surface area contributed by atoms with Gasteiger partial charge in [-0.05, 0) is 38.7 Å². The van der Waals surface area contributed by atoms with Crippen molar-refractivity contribution in [2.45, 2.75) is 25.4 Å². The Bertz CT molecular complexity index is 338. The first kappa shape index (κ1) is 12.6. The number of nitrogens with two attached hydrogens (primary N) is 1. The molecule has 4 nitrogen and oxygen atoms in total. The van der Waals surface area contributed by atoms with Gasteiger partial charge < -0.3 is 15.1 Å². The van der Waals surface area contributed by atoms with Crippen LogP contribution in [0.1, 0.15) is 19.1 Å². The van der Waals surface area contributed by atoms with Gasteiger partial charge in [0.05, 0.1) is 12.8 Å². The van der Waals surface area contributed by atoms with Crippen LogP contribution in [-0.2, 0) is 6.54 Å². The number of likely N-dealkylation sites (N-methyl/N-ethyl adjacent to an activating group) is 2. The fourth-order valence-electron chi connectivity index (χ4n) is 2.82. The van der Waals surface area contributed by atoms with Crippen molar-refractivity contribution >= 4 is 0 Å². The number of furan rings is 1. The third-order valence-electron chi connectivity index (χ3n) is 3.88. The van der Waals surface area contributed by atoms with Gasteiger partial charge in [-0.2, -0.15) is 0 Å². The van der Waals surface area contributed by atoms with Crippen LogP contribution in [0.15, 0.2) is 22.8 Å². The Hall–Kier alpha value is -0.840. The summed E-state index contributed by atoms with van der Waals surface area (Å²) < 4.78 is 5.45. The molecule has 1 aliphatic heterocycles. The molecule has 96 valence electrons. The minimum absolute atomic E-state index is 0.121. The van der Waals surface area contributed by atoms with E-state index < -0.39 is 0 Å². The molecule has 1 aliphatic rings. The Morgan fingerprint density at radius 2 is 2.41 bits per heavy atom. The van der Waals surface area contributed by atoms with Crippen LogP contribution in [-0.4, -0.2) is 48.6 Å². The molecule has 1 saturated heterocycles. The van der Waals surface area contributed by atoms with E-state index in [2.05, 4.69) is 23.8 Å². The highest BCUT2D eigenvalue weighted by Gasteiger charge is 2.40. The van der Waals surface area contributed by atoms with Crippen molar-refractivity contribution in [1.82, 2.24) is 9.80 Å². The second kappa shape index (κ2) is 5.21. The van der Waals surface area contributed by atoms with Crippen LogP contribution < -0.4 is 5.73 Å². The van der Waals surface area contributed by atoms with E-state index in [1.54, 1.807) is 6.26 Å². The zero-order valence-electron chi connectivity index (χ0n) is 10.9. The van der Waals surface area contributed by atoms with E-state index in [1.807, 2.05) is 12.1 Å². The number of hydrogen-bond donors (Lipinski definition) is 1. The molecule has 1 aromatic rings. The summed E-state index contributed by atoms with van der Waals surface area (Å²) in [5.74, 6) is 1.02. The number of hydrogen-bond acceptors (Lipinski definition) is 4. The van der Waals surface area contributed by atoms with Gasteiger partial charge in [-0.15, -0.1) is 0 Å². The second-order valence-electron chi connectivity index (χ2n) is 5.01. The number of rotatable bonds is 5. The first-order valence-corrected chi connectivity index (χ1v) is 6.36. The van der Waals surface area contributed by atoms with Gasteiger partial charge in [0.1, 0.15) is 5.76 Å².